The molecule has 4 rings (SSSR count). The predicted molar refractivity (Wildman–Crippen MR) is 66.0 cm³/mol. The molecule has 0 spiro atoms. The largest absolute Gasteiger partial charge is 0.374 e. The lowest BCUT2D eigenvalue weighted by atomic mass is 10.2. The van der Waals surface area contributed by atoms with Gasteiger partial charge in [-0.3, -0.25) is 0 Å². The summed E-state index contributed by atoms with van der Waals surface area (Å²) in [5, 5.41) is 5.33. The van der Waals surface area contributed by atoms with Crippen molar-refractivity contribution in [3.8, 4) is 11.5 Å². The van der Waals surface area contributed by atoms with Crippen LogP contribution in [0, 0.1) is 0 Å². The fourth-order valence-electron chi connectivity index (χ4n) is 2.51. The Labute approximate surface area is 109 Å². The van der Waals surface area contributed by atoms with E-state index in [-0.39, 0.29) is 0 Å². The van der Waals surface area contributed by atoms with Gasteiger partial charge >= 0.3 is 5.82 Å². The third kappa shape index (κ3) is 1.29. The van der Waals surface area contributed by atoms with Gasteiger partial charge in [0.2, 0.25) is 0 Å². The molecule has 1 aliphatic heterocycles. The minimum Gasteiger partial charge on any atom is -0.212 e. The first-order valence-electron chi connectivity index (χ1n) is 5.89. The molecule has 5 heteroatoms. The van der Waals surface area contributed by atoms with Crippen molar-refractivity contribution < 1.29 is 9.13 Å². The zero-order valence-electron chi connectivity index (χ0n) is 9.62. The second kappa shape index (κ2) is 3.53. The Hall–Kier alpha value is -1.94. The van der Waals surface area contributed by atoms with E-state index in [0.717, 1.165) is 30.3 Å². The van der Waals surface area contributed by atoms with Crippen LogP contribution in [-0.2, 0) is 13.1 Å². The summed E-state index contributed by atoms with van der Waals surface area (Å²) in [6, 6.07) is 10.1. The monoisotopic (exact) mass is 258 g/mol. The Balaban J connectivity index is 2.08. The summed E-state index contributed by atoms with van der Waals surface area (Å²) in [6.07, 6.45) is 3.94. The number of nitrogens with zero attached hydrogens (tertiary/aromatic N) is 4. The molecule has 0 fully saturated rings. The fraction of sp³-hybridized carbons (Fsp3) is 0.154. The van der Waals surface area contributed by atoms with Crippen LogP contribution in [0.2, 0.25) is 5.02 Å². The van der Waals surface area contributed by atoms with Crippen molar-refractivity contribution >= 4 is 17.2 Å². The number of pyridine rings is 2. The van der Waals surface area contributed by atoms with E-state index in [9.17, 15) is 0 Å². The van der Waals surface area contributed by atoms with Gasteiger partial charge in [-0.05, 0) is 12.1 Å². The zero-order chi connectivity index (χ0) is 12.1. The van der Waals surface area contributed by atoms with Gasteiger partial charge in [0.1, 0.15) is 12.7 Å². The van der Waals surface area contributed by atoms with Crippen LogP contribution in [0.3, 0.4) is 0 Å². The lowest BCUT2D eigenvalue weighted by Crippen LogP contribution is -2.52. The van der Waals surface area contributed by atoms with Crippen molar-refractivity contribution in [2.24, 2.45) is 0 Å². The summed E-state index contributed by atoms with van der Waals surface area (Å²) in [6.45, 7) is 1.90. The summed E-state index contributed by atoms with van der Waals surface area (Å²) < 4.78 is 6.30. The lowest BCUT2D eigenvalue weighted by Gasteiger charge is -2.06. The van der Waals surface area contributed by atoms with Crippen LogP contribution in [0.25, 0.3) is 17.2 Å². The van der Waals surface area contributed by atoms with Crippen molar-refractivity contribution in [3.05, 3.63) is 47.7 Å². The standard InChI is InChI=1S/C13H11ClN4/c14-10-4-5-12-17-8-7-16-6-2-1-3-11(16)13(17)15-18(12)9-10/h1-6,9H,7-8H2/q+2. The molecule has 18 heavy (non-hydrogen) atoms. The Kier molecular flexibility index (Phi) is 1.96. The summed E-state index contributed by atoms with van der Waals surface area (Å²) in [5.74, 6) is 0.990. The SMILES string of the molecule is Clc1ccc2n(c1)nc1[n+]2CC[n+]2ccccc2-1. The summed E-state index contributed by atoms with van der Waals surface area (Å²) in [7, 11) is 0. The van der Waals surface area contributed by atoms with Crippen LogP contribution in [0.1, 0.15) is 0 Å². The zero-order valence-corrected chi connectivity index (χ0v) is 10.4. The molecule has 88 valence electrons. The van der Waals surface area contributed by atoms with Gasteiger partial charge in [-0.2, -0.15) is 4.57 Å². The average molecular weight is 259 g/mol. The van der Waals surface area contributed by atoms with Crippen LogP contribution >= 0.6 is 11.6 Å². The maximum atomic E-state index is 6.01. The third-order valence-corrected chi connectivity index (χ3v) is 3.56. The highest BCUT2D eigenvalue weighted by Crippen LogP contribution is 2.15. The molecule has 0 bridgehead atoms. The van der Waals surface area contributed by atoms with E-state index >= 15 is 0 Å². The molecule has 3 aromatic heterocycles. The molecular formula is C13H11ClN4+2. The van der Waals surface area contributed by atoms with Crippen molar-refractivity contribution in [2.75, 3.05) is 0 Å². The number of hydrogen-bond acceptors (Lipinski definition) is 1. The van der Waals surface area contributed by atoms with E-state index in [2.05, 4.69) is 26.5 Å². The smallest absolute Gasteiger partial charge is 0.212 e. The maximum Gasteiger partial charge on any atom is 0.374 e. The molecule has 0 atom stereocenters. The first-order valence-corrected chi connectivity index (χ1v) is 6.27. The number of rotatable bonds is 0. The molecule has 4 heterocycles. The number of halogens is 1. The topological polar surface area (TPSA) is 25.1 Å². The lowest BCUT2D eigenvalue weighted by molar-refractivity contribution is -0.784. The van der Waals surface area contributed by atoms with E-state index in [1.165, 1.54) is 0 Å². The quantitative estimate of drug-likeness (QED) is 0.557. The van der Waals surface area contributed by atoms with E-state index in [1.54, 1.807) is 0 Å². The Bertz CT molecular complexity index is 763. The first kappa shape index (κ1) is 10.0. The summed E-state index contributed by atoms with van der Waals surface area (Å²) in [5.41, 5.74) is 2.22. The minimum absolute atomic E-state index is 0.698. The van der Waals surface area contributed by atoms with Gasteiger partial charge < -0.3 is 0 Å². The van der Waals surface area contributed by atoms with Gasteiger partial charge in [0.05, 0.1) is 10.1 Å². The molecule has 0 amide bonds. The van der Waals surface area contributed by atoms with Gasteiger partial charge in [-0.15, -0.1) is 0 Å². The Morgan fingerprint density at radius 2 is 2.11 bits per heavy atom. The molecular weight excluding hydrogens is 248 g/mol. The summed E-state index contributed by atoms with van der Waals surface area (Å²) in [4.78, 5) is 0. The predicted octanol–water partition coefficient (Wildman–Crippen LogP) is 1.24. The number of hydrogen-bond donors (Lipinski definition) is 0. The van der Waals surface area contributed by atoms with E-state index in [0.29, 0.717) is 5.02 Å². The molecule has 0 unspecified atom stereocenters. The van der Waals surface area contributed by atoms with E-state index < -0.39 is 0 Å². The van der Waals surface area contributed by atoms with Gasteiger partial charge in [-0.25, -0.2) is 4.57 Å². The van der Waals surface area contributed by atoms with Crippen molar-refractivity contribution in [1.82, 2.24) is 9.61 Å². The Morgan fingerprint density at radius 1 is 1.17 bits per heavy atom. The first-order chi connectivity index (χ1) is 8.83. The molecule has 0 saturated heterocycles. The number of aryl methyl sites for hydroxylation is 2. The normalized spacial score (nSPS) is 13.4. The second-order valence-electron chi connectivity index (χ2n) is 4.40. The highest BCUT2D eigenvalue weighted by atomic mass is 35.5. The molecule has 1 aliphatic rings. The summed E-state index contributed by atoms with van der Waals surface area (Å²) >= 11 is 6.01. The van der Waals surface area contributed by atoms with Crippen LogP contribution in [0.4, 0.5) is 0 Å². The molecule has 0 N–H and O–H groups in total. The third-order valence-electron chi connectivity index (χ3n) is 3.34. The Morgan fingerprint density at radius 3 is 3.06 bits per heavy atom. The maximum absolute atomic E-state index is 6.01. The van der Waals surface area contributed by atoms with Gasteiger partial charge in [0, 0.05) is 18.2 Å². The molecule has 0 radical (unpaired) electrons. The van der Waals surface area contributed by atoms with Crippen LogP contribution < -0.4 is 9.13 Å². The van der Waals surface area contributed by atoms with Gasteiger partial charge in [-0.1, -0.05) is 16.1 Å². The average Bonchev–Trinajstić information content (AvgIpc) is 2.76. The van der Waals surface area contributed by atoms with E-state index in [1.807, 2.05) is 35.0 Å². The molecule has 0 saturated carbocycles. The van der Waals surface area contributed by atoms with Gasteiger partial charge in [0.25, 0.3) is 11.3 Å². The van der Waals surface area contributed by atoms with Crippen LogP contribution in [0.15, 0.2) is 42.7 Å². The van der Waals surface area contributed by atoms with Gasteiger partial charge in [0.15, 0.2) is 12.7 Å². The highest BCUT2D eigenvalue weighted by molar-refractivity contribution is 6.30. The second-order valence-corrected chi connectivity index (χ2v) is 4.84. The molecule has 4 nitrogen and oxygen atoms in total. The van der Waals surface area contributed by atoms with Crippen molar-refractivity contribution in [1.29, 1.82) is 0 Å². The number of aromatic nitrogens is 4. The number of fused-ring (bicyclic) bond motifs is 5. The van der Waals surface area contributed by atoms with Crippen LogP contribution in [0.5, 0.6) is 0 Å². The van der Waals surface area contributed by atoms with Crippen molar-refractivity contribution in [3.63, 3.8) is 0 Å². The minimum atomic E-state index is 0.698. The van der Waals surface area contributed by atoms with E-state index in [4.69, 9.17) is 11.6 Å². The molecule has 0 aliphatic carbocycles. The van der Waals surface area contributed by atoms with Crippen LogP contribution in [-0.4, -0.2) is 9.61 Å². The van der Waals surface area contributed by atoms with Crippen molar-refractivity contribution in [2.45, 2.75) is 13.1 Å². The fourth-order valence-corrected chi connectivity index (χ4v) is 2.66. The molecule has 3 aromatic rings. The molecule has 0 aromatic carbocycles. The highest BCUT2D eigenvalue weighted by Gasteiger charge is 2.33.